The molecule has 0 radical (unpaired) electrons. The Labute approximate surface area is 85.2 Å². The largest absolute Gasteiger partial charge is 0.493 e. The molecule has 1 N–H and O–H groups in total. The second kappa shape index (κ2) is 3.59. The molecule has 0 spiro atoms. The van der Waals surface area contributed by atoms with Gasteiger partial charge in [0.1, 0.15) is 5.69 Å². The summed E-state index contributed by atoms with van der Waals surface area (Å²) >= 11 is 5.78. The lowest BCUT2D eigenvalue weighted by molar-refractivity contribution is 0.452. The van der Waals surface area contributed by atoms with Crippen molar-refractivity contribution in [3.8, 4) is 17.4 Å². The molecule has 0 unspecified atom stereocenters. The maximum atomic E-state index is 9.13. The summed E-state index contributed by atoms with van der Waals surface area (Å²) < 4.78 is 0. The van der Waals surface area contributed by atoms with Gasteiger partial charge in [-0.25, -0.2) is 4.98 Å². The number of rotatable bonds is 1. The zero-order chi connectivity index (χ0) is 9.97. The minimum absolute atomic E-state index is 0.0863. The van der Waals surface area contributed by atoms with E-state index in [2.05, 4.69) is 15.0 Å². The first kappa shape index (κ1) is 8.90. The van der Waals surface area contributed by atoms with Crippen LogP contribution >= 0.6 is 11.6 Å². The van der Waals surface area contributed by atoms with Crippen LogP contribution in [0.25, 0.3) is 11.5 Å². The van der Waals surface area contributed by atoms with Crippen LogP contribution in [0.2, 0.25) is 5.02 Å². The van der Waals surface area contributed by atoms with Crippen LogP contribution in [0.1, 0.15) is 0 Å². The molecule has 2 aromatic rings. The second-order valence-electron chi connectivity index (χ2n) is 2.60. The first-order chi connectivity index (χ1) is 6.75. The quantitative estimate of drug-likeness (QED) is 0.776. The van der Waals surface area contributed by atoms with Crippen molar-refractivity contribution in [2.45, 2.75) is 0 Å². The monoisotopic (exact) mass is 207 g/mol. The lowest BCUT2D eigenvalue weighted by atomic mass is 10.3. The number of hydrogen-bond donors (Lipinski definition) is 1. The third-order valence-electron chi connectivity index (χ3n) is 1.59. The predicted molar refractivity (Wildman–Crippen MR) is 51.9 cm³/mol. The second-order valence-corrected chi connectivity index (χ2v) is 3.03. The van der Waals surface area contributed by atoms with E-state index >= 15 is 0 Å². The molecule has 0 aliphatic carbocycles. The van der Waals surface area contributed by atoms with E-state index < -0.39 is 0 Å². The molecular formula is C9H6ClN3O. The summed E-state index contributed by atoms with van der Waals surface area (Å²) in [4.78, 5) is 11.8. The highest BCUT2D eigenvalue weighted by Gasteiger charge is 2.03. The average molecular weight is 208 g/mol. The molecule has 0 saturated heterocycles. The fraction of sp³-hybridized carbons (Fsp3) is 0. The highest BCUT2D eigenvalue weighted by Crippen LogP contribution is 2.17. The summed E-state index contributed by atoms with van der Waals surface area (Å²) in [6, 6.07) is 4.69. The van der Waals surface area contributed by atoms with Gasteiger partial charge >= 0.3 is 0 Å². The Morgan fingerprint density at radius 1 is 1.14 bits per heavy atom. The van der Waals surface area contributed by atoms with Crippen LogP contribution in [0.4, 0.5) is 0 Å². The molecule has 14 heavy (non-hydrogen) atoms. The summed E-state index contributed by atoms with van der Waals surface area (Å²) in [6.07, 6.45) is 3.02. The van der Waals surface area contributed by atoms with Crippen molar-refractivity contribution >= 4 is 11.6 Å². The molecule has 2 heterocycles. The van der Waals surface area contributed by atoms with Gasteiger partial charge in [-0.2, -0.15) is 4.98 Å². The Morgan fingerprint density at radius 2 is 1.93 bits per heavy atom. The van der Waals surface area contributed by atoms with E-state index in [0.717, 1.165) is 0 Å². The molecule has 70 valence electrons. The van der Waals surface area contributed by atoms with E-state index in [-0.39, 0.29) is 5.88 Å². The molecule has 0 aliphatic heterocycles. The molecule has 0 aliphatic rings. The van der Waals surface area contributed by atoms with Gasteiger partial charge < -0.3 is 5.11 Å². The summed E-state index contributed by atoms with van der Waals surface area (Å²) in [6.45, 7) is 0. The van der Waals surface area contributed by atoms with Gasteiger partial charge in [0.15, 0.2) is 5.82 Å². The first-order valence-electron chi connectivity index (χ1n) is 3.89. The topological polar surface area (TPSA) is 58.9 Å². The van der Waals surface area contributed by atoms with Gasteiger partial charge in [0.2, 0.25) is 5.88 Å². The Hall–Kier alpha value is -1.68. The summed E-state index contributed by atoms with van der Waals surface area (Å²) in [7, 11) is 0. The van der Waals surface area contributed by atoms with Crippen LogP contribution < -0.4 is 0 Å². The van der Waals surface area contributed by atoms with Gasteiger partial charge in [-0.3, -0.25) is 4.98 Å². The molecule has 4 nitrogen and oxygen atoms in total. The molecule has 0 aromatic carbocycles. The third kappa shape index (κ3) is 1.80. The van der Waals surface area contributed by atoms with Gasteiger partial charge in [-0.1, -0.05) is 11.6 Å². The normalized spacial score (nSPS) is 10.1. The zero-order valence-corrected chi connectivity index (χ0v) is 7.81. The summed E-state index contributed by atoms with van der Waals surface area (Å²) in [5, 5.41) is 9.69. The lowest BCUT2D eigenvalue weighted by Crippen LogP contribution is -1.90. The molecule has 0 atom stereocenters. The molecule has 5 heteroatoms. The maximum Gasteiger partial charge on any atom is 0.214 e. The Morgan fingerprint density at radius 3 is 2.64 bits per heavy atom. The van der Waals surface area contributed by atoms with Gasteiger partial charge in [-0.05, 0) is 12.1 Å². The van der Waals surface area contributed by atoms with Crippen LogP contribution in [-0.2, 0) is 0 Å². The van der Waals surface area contributed by atoms with E-state index in [1.165, 1.54) is 12.3 Å². The van der Waals surface area contributed by atoms with Gasteiger partial charge in [-0.15, -0.1) is 0 Å². The van der Waals surface area contributed by atoms with Crippen molar-refractivity contribution in [3.63, 3.8) is 0 Å². The van der Waals surface area contributed by atoms with E-state index in [9.17, 15) is 0 Å². The standard InChI is InChI=1S/C9H6ClN3O/c10-6-1-3-11-7(5-6)9-12-4-2-8(14)13-9/h1-5H,(H,12,13,14). The van der Waals surface area contributed by atoms with Crippen LogP contribution in [0, 0.1) is 0 Å². The van der Waals surface area contributed by atoms with E-state index in [0.29, 0.717) is 16.5 Å². The minimum Gasteiger partial charge on any atom is -0.493 e. The fourth-order valence-corrected chi connectivity index (χ4v) is 1.16. The molecule has 2 rings (SSSR count). The average Bonchev–Trinajstić information content (AvgIpc) is 2.18. The van der Waals surface area contributed by atoms with Gasteiger partial charge in [0.25, 0.3) is 0 Å². The molecule has 0 bridgehead atoms. The third-order valence-corrected chi connectivity index (χ3v) is 1.83. The highest BCUT2D eigenvalue weighted by atomic mass is 35.5. The molecular weight excluding hydrogens is 202 g/mol. The number of halogens is 1. The van der Waals surface area contributed by atoms with Crippen molar-refractivity contribution in [2.24, 2.45) is 0 Å². The van der Waals surface area contributed by atoms with Crippen molar-refractivity contribution in [1.29, 1.82) is 0 Å². The molecule has 0 saturated carbocycles. The van der Waals surface area contributed by atoms with Crippen LogP contribution in [0.3, 0.4) is 0 Å². The SMILES string of the molecule is Oc1ccnc(-c2cc(Cl)ccn2)n1. The van der Waals surface area contributed by atoms with E-state index in [4.69, 9.17) is 16.7 Å². The zero-order valence-electron chi connectivity index (χ0n) is 7.05. The van der Waals surface area contributed by atoms with Crippen molar-refractivity contribution in [1.82, 2.24) is 15.0 Å². The van der Waals surface area contributed by atoms with E-state index in [1.807, 2.05) is 0 Å². The Kier molecular flexibility index (Phi) is 2.28. The molecule has 0 fully saturated rings. The molecule has 0 amide bonds. The first-order valence-corrected chi connectivity index (χ1v) is 4.27. The number of aromatic nitrogens is 3. The Balaban J connectivity index is 2.49. The predicted octanol–water partition coefficient (Wildman–Crippen LogP) is 1.90. The Bertz CT molecular complexity index is 418. The van der Waals surface area contributed by atoms with Crippen LogP contribution in [-0.4, -0.2) is 20.1 Å². The van der Waals surface area contributed by atoms with E-state index in [1.54, 1.807) is 18.3 Å². The maximum absolute atomic E-state index is 9.13. The van der Waals surface area contributed by atoms with Crippen LogP contribution in [0.15, 0.2) is 30.6 Å². The van der Waals surface area contributed by atoms with Gasteiger partial charge in [0.05, 0.1) is 0 Å². The molecule has 2 aromatic heterocycles. The number of hydrogen-bond acceptors (Lipinski definition) is 4. The van der Waals surface area contributed by atoms with Crippen molar-refractivity contribution in [3.05, 3.63) is 35.6 Å². The van der Waals surface area contributed by atoms with Crippen molar-refractivity contribution in [2.75, 3.05) is 0 Å². The number of aromatic hydroxyl groups is 1. The van der Waals surface area contributed by atoms with Crippen molar-refractivity contribution < 1.29 is 5.11 Å². The summed E-state index contributed by atoms with van der Waals surface area (Å²) in [5.74, 6) is 0.268. The summed E-state index contributed by atoms with van der Waals surface area (Å²) in [5.41, 5.74) is 0.536. The highest BCUT2D eigenvalue weighted by molar-refractivity contribution is 6.30. The van der Waals surface area contributed by atoms with Crippen LogP contribution in [0.5, 0.6) is 5.88 Å². The number of pyridine rings is 1. The minimum atomic E-state index is -0.0863. The smallest absolute Gasteiger partial charge is 0.214 e. The lowest BCUT2D eigenvalue weighted by Gasteiger charge is -1.98. The van der Waals surface area contributed by atoms with Gasteiger partial charge in [0, 0.05) is 23.5 Å². The fourth-order valence-electron chi connectivity index (χ4n) is 1.000. The number of nitrogens with zero attached hydrogens (tertiary/aromatic N) is 3.